The Kier molecular flexibility index (Phi) is 61.3. The molecule has 15 heavy (non-hydrogen) atoms. The maximum absolute atomic E-state index is 8.55. The Hall–Kier alpha value is 5.22. The molecule has 0 aliphatic heterocycles. The minimum atomic E-state index is -5.39. The average Bonchev–Trinajstić information content (AvgIpc) is 1.12. The molecule has 0 aliphatic rings. The molecule has 15 heteroatoms. The summed E-state index contributed by atoms with van der Waals surface area (Å²) in [7, 11) is -10.8. The van der Waals surface area contributed by atoms with Gasteiger partial charge in [0.25, 0.3) is 0 Å². The normalized spacial score (nSPS) is 7.87. The summed E-state index contributed by atoms with van der Waals surface area (Å²) in [6, 6.07) is 0. The van der Waals surface area contributed by atoms with Gasteiger partial charge in [0.2, 0.25) is 0 Å². The van der Waals surface area contributed by atoms with Crippen LogP contribution >= 0.6 is 15.6 Å². The van der Waals surface area contributed by atoms with Crippen LogP contribution in [0.15, 0.2) is 0 Å². The van der Waals surface area contributed by atoms with Gasteiger partial charge in [0.05, 0.1) is 0 Å². The van der Waals surface area contributed by atoms with Crippen LogP contribution < -0.4 is 29.4 Å². The molecule has 0 saturated carbocycles. The van der Waals surface area contributed by atoms with Crippen LogP contribution in [0, 0.1) is 0 Å². The first-order valence-electron chi connectivity index (χ1n) is 1.46. The van der Waals surface area contributed by atoms with E-state index < -0.39 is 15.6 Å². The summed E-state index contributed by atoms with van der Waals surface area (Å²) in [5.41, 5.74) is 0. The van der Waals surface area contributed by atoms with Crippen LogP contribution in [0.1, 0.15) is 0 Å². The van der Waals surface area contributed by atoms with Crippen molar-refractivity contribution in [2.24, 2.45) is 0 Å². The summed E-state index contributed by atoms with van der Waals surface area (Å²) in [6.45, 7) is 0. The van der Waals surface area contributed by atoms with Crippen molar-refractivity contribution < 1.29 is 44.0 Å². The molecule has 0 unspecified atom stereocenters. The molecular weight excluding hydrogens is 366 g/mol. The van der Waals surface area contributed by atoms with Crippen LogP contribution in [0.3, 0.4) is 0 Å². The van der Waals surface area contributed by atoms with Gasteiger partial charge in [0.1, 0.15) is 0 Å². The molecule has 0 rings (SSSR count). The molecule has 0 aliphatic carbocycles. The fraction of sp³-hybridized carbons (Fsp3) is 0. The average molecular weight is 368 g/mol. The topological polar surface area (TPSA) is 204 Å². The monoisotopic (exact) mass is 368 g/mol. The van der Waals surface area contributed by atoms with Gasteiger partial charge in [0.15, 0.2) is 0 Å². The fourth-order valence-corrected chi connectivity index (χ4v) is 0. The van der Waals surface area contributed by atoms with Crippen molar-refractivity contribution >= 4 is 167 Å². The molecule has 0 aromatic rings. The Morgan fingerprint density at radius 3 is 0.533 bits per heavy atom. The van der Waals surface area contributed by atoms with E-state index in [4.69, 9.17) is 38.5 Å². The Bertz CT molecular complexity index is 132. The van der Waals surface area contributed by atoms with Crippen LogP contribution in [-0.2, 0) is 9.13 Å². The van der Waals surface area contributed by atoms with Crippen LogP contribution in [0.25, 0.3) is 0 Å². The standard InChI is InChI=1S/4Ca.2H3O4P.H2O/c;;;;2*1-5(2,3)4;/h;;;;2*(H3,1,2,3,4);1H2/q4*+2;;;/p-6. The Labute approximate surface area is 205 Å². The predicted molar refractivity (Wildman–Crippen MR) is 41.8 cm³/mol. The third-order valence-electron chi connectivity index (χ3n) is 0. The van der Waals surface area contributed by atoms with E-state index in [1.807, 2.05) is 0 Å². The molecule has 72 valence electrons. The second kappa shape index (κ2) is 21.5. The third-order valence-corrected chi connectivity index (χ3v) is 0. The van der Waals surface area contributed by atoms with Gasteiger partial charge in [-0.1, -0.05) is 0 Å². The zero-order valence-electron chi connectivity index (χ0n) is 7.49. The Balaban J connectivity index is -0.0000000128. The van der Waals surface area contributed by atoms with Crippen molar-refractivity contribution in [3.8, 4) is 0 Å². The molecule has 0 radical (unpaired) electrons. The van der Waals surface area contributed by atoms with Crippen LogP contribution in [0.4, 0.5) is 0 Å². The quantitative estimate of drug-likeness (QED) is 0.296. The fourth-order valence-electron chi connectivity index (χ4n) is 0. The van der Waals surface area contributed by atoms with E-state index in [-0.39, 0.29) is 156 Å². The zero-order valence-corrected chi connectivity index (χ0v) is 18.1. The van der Waals surface area contributed by atoms with Gasteiger partial charge in [-0.05, 0) is 0 Å². The smallest absolute Gasteiger partial charge is 0.822 e. The Morgan fingerprint density at radius 1 is 0.533 bits per heavy atom. The SMILES string of the molecule is O.O=P([O-])([O-])[O-].O=P([O-])([O-])[O-].[Ca+2].[Ca+2].[Ca+2].[Ca+2]. The van der Waals surface area contributed by atoms with E-state index in [1.54, 1.807) is 0 Å². The van der Waals surface area contributed by atoms with Gasteiger partial charge in [-0.15, -0.1) is 0 Å². The van der Waals surface area contributed by atoms with Gasteiger partial charge >= 0.3 is 151 Å². The van der Waals surface area contributed by atoms with Crippen molar-refractivity contribution in [3.05, 3.63) is 0 Å². The molecular formula is H2Ca4O9P2+2. The number of hydrogen-bond acceptors (Lipinski definition) is 8. The number of phosphoric acid groups is 2. The van der Waals surface area contributed by atoms with E-state index in [0.717, 1.165) is 0 Å². The second-order valence-electron chi connectivity index (χ2n) is 0.894. The summed E-state index contributed by atoms with van der Waals surface area (Å²) in [4.78, 5) is 51.3. The second-order valence-corrected chi connectivity index (χ2v) is 2.68. The van der Waals surface area contributed by atoms with E-state index in [2.05, 4.69) is 0 Å². The van der Waals surface area contributed by atoms with Gasteiger partial charge < -0.3 is 44.0 Å². The maximum Gasteiger partial charge on any atom is 2.00 e. The van der Waals surface area contributed by atoms with Gasteiger partial charge in [-0.3, -0.25) is 0 Å². The van der Waals surface area contributed by atoms with E-state index in [0.29, 0.717) is 0 Å². The van der Waals surface area contributed by atoms with Gasteiger partial charge in [-0.25, -0.2) is 0 Å². The van der Waals surface area contributed by atoms with E-state index in [9.17, 15) is 0 Å². The first kappa shape index (κ1) is 42.7. The summed E-state index contributed by atoms with van der Waals surface area (Å²) in [6.07, 6.45) is 0. The molecule has 0 saturated heterocycles. The summed E-state index contributed by atoms with van der Waals surface area (Å²) in [5, 5.41) is 0. The van der Waals surface area contributed by atoms with Gasteiger partial charge in [0, 0.05) is 0 Å². The molecule has 0 atom stereocenters. The van der Waals surface area contributed by atoms with Crippen molar-refractivity contribution in [2.75, 3.05) is 0 Å². The van der Waals surface area contributed by atoms with Crippen molar-refractivity contribution in [1.82, 2.24) is 0 Å². The number of hydrogen-bond donors (Lipinski definition) is 0. The maximum atomic E-state index is 8.55. The van der Waals surface area contributed by atoms with Crippen molar-refractivity contribution in [1.29, 1.82) is 0 Å². The molecule has 0 aromatic carbocycles. The van der Waals surface area contributed by atoms with Crippen molar-refractivity contribution in [2.45, 2.75) is 0 Å². The minimum Gasteiger partial charge on any atom is -0.822 e. The Morgan fingerprint density at radius 2 is 0.533 bits per heavy atom. The molecule has 9 nitrogen and oxygen atoms in total. The van der Waals surface area contributed by atoms with Gasteiger partial charge in [-0.2, -0.15) is 15.6 Å². The minimum absolute atomic E-state index is 0. The molecule has 0 bridgehead atoms. The van der Waals surface area contributed by atoms with Crippen LogP contribution in [0.5, 0.6) is 0 Å². The molecule has 0 fully saturated rings. The van der Waals surface area contributed by atoms with Crippen molar-refractivity contribution in [3.63, 3.8) is 0 Å². The molecule has 0 aromatic heterocycles. The molecule has 0 amide bonds. The van der Waals surface area contributed by atoms with E-state index in [1.165, 1.54) is 0 Å². The predicted octanol–water partition coefficient (Wildman–Crippen LogP) is -8.00. The first-order chi connectivity index (χ1) is 4.00. The first-order valence-corrected chi connectivity index (χ1v) is 4.38. The molecule has 0 heterocycles. The summed E-state index contributed by atoms with van der Waals surface area (Å²) >= 11 is 0. The van der Waals surface area contributed by atoms with Crippen LogP contribution in [-0.4, -0.2) is 156 Å². The zero-order chi connectivity index (χ0) is 9.00. The van der Waals surface area contributed by atoms with E-state index >= 15 is 0 Å². The third kappa shape index (κ3) is 209. The largest absolute Gasteiger partial charge is 2.00 e. The summed E-state index contributed by atoms with van der Waals surface area (Å²) in [5.74, 6) is 0. The number of rotatable bonds is 0. The molecule has 0 spiro atoms. The summed E-state index contributed by atoms with van der Waals surface area (Å²) < 4.78 is 17.1. The molecule has 2 N–H and O–H groups in total. The van der Waals surface area contributed by atoms with Crippen LogP contribution in [0.2, 0.25) is 0 Å².